The van der Waals surface area contributed by atoms with E-state index in [-0.39, 0.29) is 11.7 Å². The van der Waals surface area contributed by atoms with Crippen molar-refractivity contribution in [2.75, 3.05) is 57.7 Å². The Kier molecular flexibility index (Phi) is 6.59. The number of carbonyl (C=O) groups is 1. The first-order valence-corrected chi connectivity index (χ1v) is 12.6. The molecule has 1 aromatic rings. The van der Waals surface area contributed by atoms with Crippen molar-refractivity contribution in [1.29, 1.82) is 0 Å². The van der Waals surface area contributed by atoms with Crippen LogP contribution in [0.1, 0.15) is 26.7 Å². The van der Waals surface area contributed by atoms with Crippen molar-refractivity contribution in [2.45, 2.75) is 32.7 Å². The van der Waals surface area contributed by atoms with E-state index in [0.717, 1.165) is 57.8 Å². The zero-order valence-electron chi connectivity index (χ0n) is 20.3. The van der Waals surface area contributed by atoms with Gasteiger partial charge in [-0.15, -0.1) is 0 Å². The molecule has 0 spiro atoms. The number of carbonyl (C=O) groups excluding carboxylic acids is 1. The van der Waals surface area contributed by atoms with Crippen molar-refractivity contribution >= 4 is 17.5 Å². The molecule has 3 fully saturated rings. The second-order valence-corrected chi connectivity index (χ2v) is 10.7. The van der Waals surface area contributed by atoms with E-state index in [4.69, 9.17) is 5.73 Å². The summed E-state index contributed by atoms with van der Waals surface area (Å²) in [5, 5.41) is 2.79. The Balaban J connectivity index is 1.14. The molecule has 2 aliphatic heterocycles. The van der Waals surface area contributed by atoms with Crippen LogP contribution in [0.4, 0.5) is 10.6 Å². The van der Waals surface area contributed by atoms with Gasteiger partial charge in [0.15, 0.2) is 0 Å². The van der Waals surface area contributed by atoms with Gasteiger partial charge in [0.1, 0.15) is 5.82 Å². The largest absolute Gasteiger partial charge is 0.353 e. The Morgan fingerprint density at radius 3 is 2.47 bits per heavy atom. The van der Waals surface area contributed by atoms with Crippen LogP contribution in [0.3, 0.4) is 0 Å². The van der Waals surface area contributed by atoms with Gasteiger partial charge in [-0.05, 0) is 42.7 Å². The topological polar surface area (TPSA) is 99.7 Å². The van der Waals surface area contributed by atoms with E-state index in [1.165, 1.54) is 5.57 Å². The highest BCUT2D eigenvalue weighted by Crippen LogP contribution is 2.44. The zero-order valence-corrected chi connectivity index (χ0v) is 20.3. The average Bonchev–Trinajstić information content (AvgIpc) is 3.20. The van der Waals surface area contributed by atoms with Gasteiger partial charge >= 0.3 is 11.7 Å². The van der Waals surface area contributed by atoms with E-state index < -0.39 is 0 Å². The predicted octanol–water partition coefficient (Wildman–Crippen LogP) is 1.50. The molecule has 2 amide bonds. The number of aromatic nitrogens is 2. The highest BCUT2D eigenvalue weighted by Gasteiger charge is 2.53. The Morgan fingerprint density at radius 1 is 1.12 bits per heavy atom. The van der Waals surface area contributed by atoms with Crippen LogP contribution in [0, 0.1) is 17.8 Å². The molecule has 0 aromatic carbocycles. The van der Waals surface area contributed by atoms with Gasteiger partial charge in [0.25, 0.3) is 0 Å². The van der Waals surface area contributed by atoms with Crippen LogP contribution in [-0.2, 0) is 0 Å². The summed E-state index contributed by atoms with van der Waals surface area (Å²) < 4.78 is 1.58. The molecule has 9 nitrogen and oxygen atoms in total. The molecular formula is C25H37N7O2. The summed E-state index contributed by atoms with van der Waals surface area (Å²) in [7, 11) is 0. The maximum atomic E-state index is 12.7. The Labute approximate surface area is 201 Å². The Bertz CT molecular complexity index is 1030. The van der Waals surface area contributed by atoms with Crippen molar-refractivity contribution in [2.24, 2.45) is 23.5 Å². The lowest BCUT2D eigenvalue weighted by atomic mass is 10.0. The van der Waals surface area contributed by atoms with Gasteiger partial charge < -0.3 is 10.6 Å². The molecule has 4 aliphatic rings. The lowest BCUT2D eigenvalue weighted by Crippen LogP contribution is -2.50. The van der Waals surface area contributed by atoms with E-state index in [9.17, 15) is 9.59 Å². The van der Waals surface area contributed by atoms with Crippen molar-refractivity contribution < 1.29 is 4.79 Å². The lowest BCUT2D eigenvalue weighted by Gasteiger charge is -2.35. The quantitative estimate of drug-likeness (QED) is 0.658. The third kappa shape index (κ3) is 5.11. The molecule has 5 rings (SSSR count). The summed E-state index contributed by atoms with van der Waals surface area (Å²) in [5.74, 6) is 2.32. The van der Waals surface area contributed by atoms with E-state index in [1.54, 1.807) is 21.7 Å². The highest BCUT2D eigenvalue weighted by atomic mass is 16.2. The highest BCUT2D eigenvalue weighted by molar-refractivity contribution is 5.88. The molecule has 3 N–H and O–H groups in total. The monoisotopic (exact) mass is 467 g/mol. The summed E-state index contributed by atoms with van der Waals surface area (Å²) in [6.45, 7) is 11.8. The second kappa shape index (κ2) is 9.64. The van der Waals surface area contributed by atoms with Gasteiger partial charge in [0.05, 0.1) is 0 Å². The van der Waals surface area contributed by atoms with E-state index in [0.29, 0.717) is 42.7 Å². The number of urea groups is 1. The molecule has 1 aromatic heterocycles. The number of hydrogen-bond donors (Lipinski definition) is 2. The van der Waals surface area contributed by atoms with Gasteiger partial charge in [-0.25, -0.2) is 9.59 Å². The fraction of sp³-hybridized carbons (Fsp3) is 0.640. The number of rotatable bonds is 6. The molecule has 2 saturated heterocycles. The maximum absolute atomic E-state index is 12.7. The third-order valence-electron chi connectivity index (χ3n) is 7.61. The summed E-state index contributed by atoms with van der Waals surface area (Å²) in [6, 6.07) is 1.93. The Hall–Kier alpha value is -2.49. The summed E-state index contributed by atoms with van der Waals surface area (Å²) in [6.07, 6.45) is 7.63. The first-order chi connectivity index (χ1) is 16.4. The normalized spacial score (nSPS) is 27.4. The number of piperidine rings is 1. The number of amides is 2. The molecule has 2 aliphatic carbocycles. The minimum atomic E-state index is -0.365. The number of nitrogens with zero attached hydrogens (tertiary/aromatic N) is 5. The number of anilines is 1. The molecule has 2 unspecified atom stereocenters. The number of nitrogens with one attached hydrogen (secondary N) is 1. The second-order valence-electron chi connectivity index (χ2n) is 10.7. The summed E-state index contributed by atoms with van der Waals surface area (Å²) >= 11 is 0. The summed E-state index contributed by atoms with van der Waals surface area (Å²) in [5.41, 5.74) is 8.01. The average molecular weight is 468 g/mol. The number of nitrogens with two attached hydrogens (primary N) is 1. The van der Waals surface area contributed by atoms with Crippen molar-refractivity contribution in [3.8, 4) is 0 Å². The molecular weight excluding hydrogens is 430 g/mol. The Morgan fingerprint density at radius 2 is 1.85 bits per heavy atom. The standard InChI is InChI=1S/C25H37N7O2/c1-17(2)13-29-9-11-31(12-10-29)24(33)27-22-7-8-32(25(34)28-22)19-5-3-18(4-6-19)14-30-15-20-21(16-30)23(20)26/h3,5,7-8,17,20-21,23H,4,6,9-16,26H2,1-2H3,(H,27,28,33,34). The van der Waals surface area contributed by atoms with Crippen LogP contribution >= 0.6 is 0 Å². The lowest BCUT2D eigenvalue weighted by molar-refractivity contribution is 0.138. The number of likely N-dealkylation sites (tertiary alicyclic amines) is 1. The maximum Gasteiger partial charge on any atom is 0.353 e. The van der Waals surface area contributed by atoms with Crippen molar-refractivity contribution in [1.82, 2.24) is 24.3 Å². The van der Waals surface area contributed by atoms with Crippen LogP contribution in [-0.4, -0.2) is 88.7 Å². The third-order valence-corrected chi connectivity index (χ3v) is 7.61. The van der Waals surface area contributed by atoms with Gasteiger partial charge in [0.2, 0.25) is 0 Å². The molecule has 0 bridgehead atoms. The molecule has 34 heavy (non-hydrogen) atoms. The minimum Gasteiger partial charge on any atom is -0.327 e. The molecule has 9 heteroatoms. The van der Waals surface area contributed by atoms with Crippen LogP contribution in [0.25, 0.3) is 5.70 Å². The number of allylic oxidation sites excluding steroid dienone is 3. The van der Waals surface area contributed by atoms with Crippen LogP contribution < -0.4 is 16.7 Å². The van der Waals surface area contributed by atoms with Gasteiger partial charge in [-0.2, -0.15) is 4.98 Å². The number of fused-ring (bicyclic) bond motifs is 1. The zero-order chi connectivity index (χ0) is 23.8. The first-order valence-electron chi connectivity index (χ1n) is 12.6. The SMILES string of the molecule is CC(C)CN1CCN(C(=O)Nc2ccn(C3=CC=C(CN4CC5C(N)C5C4)CC3)c(=O)n2)CC1. The fourth-order valence-corrected chi connectivity index (χ4v) is 5.61. The van der Waals surface area contributed by atoms with E-state index in [1.807, 2.05) is 6.08 Å². The van der Waals surface area contributed by atoms with Crippen LogP contribution in [0.2, 0.25) is 0 Å². The molecule has 1 saturated carbocycles. The van der Waals surface area contributed by atoms with Gasteiger partial charge in [-0.1, -0.05) is 25.5 Å². The van der Waals surface area contributed by atoms with E-state index in [2.05, 4.69) is 40.0 Å². The minimum absolute atomic E-state index is 0.196. The van der Waals surface area contributed by atoms with Crippen molar-refractivity contribution in [3.05, 3.63) is 40.5 Å². The molecule has 2 atom stereocenters. The first kappa shape index (κ1) is 23.3. The molecule has 0 radical (unpaired) electrons. The van der Waals surface area contributed by atoms with E-state index >= 15 is 0 Å². The van der Waals surface area contributed by atoms with Crippen LogP contribution in [0.5, 0.6) is 0 Å². The van der Waals surface area contributed by atoms with Crippen molar-refractivity contribution in [3.63, 3.8) is 0 Å². The number of hydrogen-bond acceptors (Lipinski definition) is 6. The molecule has 184 valence electrons. The van der Waals surface area contributed by atoms with Gasteiger partial charge in [-0.3, -0.25) is 19.7 Å². The van der Waals surface area contributed by atoms with Gasteiger partial charge in [0, 0.05) is 70.3 Å². The number of piperazine rings is 1. The predicted molar refractivity (Wildman–Crippen MR) is 133 cm³/mol. The smallest absolute Gasteiger partial charge is 0.327 e. The van der Waals surface area contributed by atoms with Crippen LogP contribution in [0.15, 0.2) is 34.8 Å². The fourth-order valence-electron chi connectivity index (χ4n) is 5.61. The summed E-state index contributed by atoms with van der Waals surface area (Å²) in [4.78, 5) is 36.1. The molecule has 3 heterocycles.